The van der Waals surface area contributed by atoms with Crippen molar-refractivity contribution in [1.29, 1.82) is 0 Å². The molecule has 1 rings (SSSR count). The molecule has 68 valence electrons. The number of carbonyl (C=O) groups excluding carboxylic acids is 1. The minimum absolute atomic E-state index is 0.371. The Balaban J connectivity index is 2.83. The number of rotatable bonds is 2. The molecular weight excluding hydrogens is 232 g/mol. The maximum Gasteiger partial charge on any atom is 0.345 e. The zero-order chi connectivity index (χ0) is 9.68. The lowest BCUT2D eigenvalue weighted by atomic mass is 10.1. The van der Waals surface area contributed by atoms with Crippen molar-refractivity contribution in [2.24, 2.45) is 0 Å². The Bertz CT molecular complexity index is 317. The van der Waals surface area contributed by atoms with E-state index in [0.717, 1.165) is 5.56 Å². The summed E-state index contributed by atoms with van der Waals surface area (Å²) < 4.78 is 4.39. The first-order valence-corrected chi connectivity index (χ1v) is 4.45. The molecule has 2 nitrogen and oxygen atoms in total. The monoisotopic (exact) mass is 240 g/mol. The molecule has 0 unspecified atom stereocenters. The van der Waals surface area contributed by atoms with Crippen LogP contribution < -0.4 is 0 Å². The van der Waals surface area contributed by atoms with E-state index in [0.29, 0.717) is 5.57 Å². The highest BCUT2D eigenvalue weighted by molar-refractivity contribution is 9.06. The van der Waals surface area contributed by atoms with Crippen molar-refractivity contribution in [3.63, 3.8) is 0 Å². The van der Waals surface area contributed by atoms with Crippen molar-refractivity contribution in [1.82, 2.24) is 0 Å². The van der Waals surface area contributed by atoms with Crippen molar-refractivity contribution < 1.29 is 8.62 Å². The molecule has 0 heterocycles. The summed E-state index contributed by atoms with van der Waals surface area (Å²) in [5.74, 6) is -0.371. The van der Waals surface area contributed by atoms with Gasteiger partial charge in [-0.3, -0.25) is 0 Å². The van der Waals surface area contributed by atoms with Crippen LogP contribution in [0.5, 0.6) is 0 Å². The first kappa shape index (κ1) is 9.99. The third-order valence-electron chi connectivity index (χ3n) is 1.57. The van der Waals surface area contributed by atoms with Crippen molar-refractivity contribution in [2.75, 3.05) is 0 Å². The largest absolute Gasteiger partial charge is 0.380 e. The minimum Gasteiger partial charge on any atom is -0.380 e. The molecule has 0 aliphatic carbocycles. The lowest BCUT2D eigenvalue weighted by Gasteiger charge is -1.96. The quantitative estimate of drug-likeness (QED) is 0.744. The third-order valence-corrected chi connectivity index (χ3v) is 1.87. The summed E-state index contributed by atoms with van der Waals surface area (Å²) in [6.45, 7) is 1.70. The van der Waals surface area contributed by atoms with Gasteiger partial charge in [-0.05, 0) is 18.6 Å². The molecule has 0 atom stereocenters. The Labute approximate surface area is 85.7 Å². The molecule has 13 heavy (non-hydrogen) atoms. The van der Waals surface area contributed by atoms with Crippen LogP contribution >= 0.6 is 16.3 Å². The summed E-state index contributed by atoms with van der Waals surface area (Å²) in [7, 11) is 0. The topological polar surface area (TPSA) is 26.3 Å². The van der Waals surface area contributed by atoms with E-state index in [4.69, 9.17) is 0 Å². The average Bonchev–Trinajstić information content (AvgIpc) is 2.18. The van der Waals surface area contributed by atoms with Crippen LogP contribution in [0.1, 0.15) is 12.5 Å². The lowest BCUT2D eigenvalue weighted by molar-refractivity contribution is -0.128. The van der Waals surface area contributed by atoms with Crippen LogP contribution in [0, 0.1) is 0 Å². The molecule has 0 amide bonds. The second kappa shape index (κ2) is 4.82. The van der Waals surface area contributed by atoms with Gasteiger partial charge in [-0.1, -0.05) is 30.3 Å². The lowest BCUT2D eigenvalue weighted by Crippen LogP contribution is -1.97. The number of hydrogen-bond donors (Lipinski definition) is 0. The van der Waals surface area contributed by atoms with Gasteiger partial charge in [0.2, 0.25) is 0 Å². The SMILES string of the molecule is CC(=Cc1ccccc1)C(=O)OBr. The van der Waals surface area contributed by atoms with Gasteiger partial charge in [0, 0.05) is 5.57 Å². The summed E-state index contributed by atoms with van der Waals surface area (Å²) >= 11 is 2.64. The molecule has 0 radical (unpaired) electrons. The van der Waals surface area contributed by atoms with Gasteiger partial charge >= 0.3 is 5.97 Å². The van der Waals surface area contributed by atoms with Crippen LogP contribution in [0.25, 0.3) is 6.08 Å². The molecule has 0 fully saturated rings. The molecule has 0 saturated carbocycles. The van der Waals surface area contributed by atoms with E-state index in [-0.39, 0.29) is 5.97 Å². The second-order valence-electron chi connectivity index (χ2n) is 2.60. The summed E-state index contributed by atoms with van der Waals surface area (Å²) in [4.78, 5) is 11.0. The van der Waals surface area contributed by atoms with Crippen molar-refractivity contribution in [3.05, 3.63) is 41.5 Å². The van der Waals surface area contributed by atoms with E-state index in [2.05, 4.69) is 20.1 Å². The maximum atomic E-state index is 11.0. The number of carbonyl (C=O) groups is 1. The van der Waals surface area contributed by atoms with Gasteiger partial charge < -0.3 is 3.83 Å². The zero-order valence-electron chi connectivity index (χ0n) is 7.16. The fourth-order valence-electron chi connectivity index (χ4n) is 0.919. The van der Waals surface area contributed by atoms with Crippen molar-refractivity contribution >= 4 is 28.3 Å². The van der Waals surface area contributed by atoms with Crippen LogP contribution in [0.15, 0.2) is 35.9 Å². The van der Waals surface area contributed by atoms with E-state index in [1.54, 1.807) is 13.0 Å². The number of hydrogen-bond acceptors (Lipinski definition) is 2. The highest BCUT2D eigenvalue weighted by Gasteiger charge is 2.02. The normalized spacial score (nSPS) is 11.1. The van der Waals surface area contributed by atoms with Gasteiger partial charge in [0.25, 0.3) is 0 Å². The van der Waals surface area contributed by atoms with Crippen LogP contribution in [0.2, 0.25) is 0 Å². The first-order chi connectivity index (χ1) is 6.24. The minimum atomic E-state index is -0.371. The summed E-state index contributed by atoms with van der Waals surface area (Å²) in [5.41, 5.74) is 1.54. The Morgan fingerprint density at radius 1 is 1.38 bits per heavy atom. The van der Waals surface area contributed by atoms with E-state index >= 15 is 0 Å². The molecule has 0 saturated heterocycles. The molecule has 0 spiro atoms. The van der Waals surface area contributed by atoms with Gasteiger partial charge in [0.1, 0.15) is 0 Å². The highest BCUT2D eigenvalue weighted by atomic mass is 79.9. The zero-order valence-corrected chi connectivity index (χ0v) is 8.74. The molecule has 0 aliphatic heterocycles. The van der Waals surface area contributed by atoms with E-state index in [9.17, 15) is 4.79 Å². The van der Waals surface area contributed by atoms with Crippen molar-refractivity contribution in [2.45, 2.75) is 6.92 Å². The van der Waals surface area contributed by atoms with Gasteiger partial charge in [-0.2, -0.15) is 0 Å². The van der Waals surface area contributed by atoms with E-state index in [1.165, 1.54) is 0 Å². The summed E-state index contributed by atoms with van der Waals surface area (Å²) in [6, 6.07) is 9.60. The fraction of sp³-hybridized carbons (Fsp3) is 0.100. The van der Waals surface area contributed by atoms with Crippen LogP contribution in [0.3, 0.4) is 0 Å². The van der Waals surface area contributed by atoms with Crippen LogP contribution in [0.4, 0.5) is 0 Å². The molecule has 0 N–H and O–H groups in total. The van der Waals surface area contributed by atoms with Crippen LogP contribution in [-0.2, 0) is 8.62 Å². The Hall–Kier alpha value is -1.09. The highest BCUT2D eigenvalue weighted by Crippen LogP contribution is 2.08. The van der Waals surface area contributed by atoms with E-state index in [1.807, 2.05) is 30.3 Å². The predicted molar refractivity (Wildman–Crippen MR) is 55.1 cm³/mol. The smallest absolute Gasteiger partial charge is 0.345 e. The molecule has 0 aliphatic rings. The van der Waals surface area contributed by atoms with Gasteiger partial charge in [-0.25, -0.2) is 4.79 Å². The van der Waals surface area contributed by atoms with Crippen molar-refractivity contribution in [3.8, 4) is 0 Å². The van der Waals surface area contributed by atoms with E-state index < -0.39 is 0 Å². The van der Waals surface area contributed by atoms with Gasteiger partial charge in [0.15, 0.2) is 16.3 Å². The number of halogens is 1. The molecule has 0 aromatic heterocycles. The Kier molecular flexibility index (Phi) is 3.71. The third kappa shape index (κ3) is 3.03. The van der Waals surface area contributed by atoms with Crippen LogP contribution in [-0.4, -0.2) is 5.97 Å². The average molecular weight is 241 g/mol. The molecule has 3 heteroatoms. The summed E-state index contributed by atoms with van der Waals surface area (Å²) in [6.07, 6.45) is 1.77. The first-order valence-electron chi connectivity index (χ1n) is 3.80. The Morgan fingerprint density at radius 3 is 2.54 bits per heavy atom. The van der Waals surface area contributed by atoms with Gasteiger partial charge in [-0.15, -0.1) is 0 Å². The molecule has 1 aromatic rings. The van der Waals surface area contributed by atoms with Gasteiger partial charge in [0.05, 0.1) is 0 Å². The number of benzene rings is 1. The molecule has 0 bridgehead atoms. The maximum absolute atomic E-state index is 11.0. The predicted octanol–water partition coefficient (Wildman–Crippen LogP) is 2.94. The Morgan fingerprint density at radius 2 is 2.00 bits per heavy atom. The summed E-state index contributed by atoms with van der Waals surface area (Å²) in [5, 5.41) is 0. The molecular formula is C10H9BrO2. The fourth-order valence-corrected chi connectivity index (χ4v) is 1.17. The second-order valence-corrected chi connectivity index (χ2v) is 2.93. The standard InChI is InChI=1S/C10H9BrO2/c1-8(10(12)13-11)7-9-5-3-2-4-6-9/h2-7H,1H3. The molecule has 1 aromatic carbocycles.